The summed E-state index contributed by atoms with van der Waals surface area (Å²) < 4.78 is 0. The molecule has 0 unspecified atom stereocenters. The predicted molar refractivity (Wildman–Crippen MR) is 88.7 cm³/mol. The van der Waals surface area contributed by atoms with Crippen molar-refractivity contribution >= 4 is 36.7 Å². The van der Waals surface area contributed by atoms with Crippen molar-refractivity contribution in [3.63, 3.8) is 0 Å². The molecule has 0 aliphatic rings. The number of nitrogens with zero attached hydrogens (tertiary/aromatic N) is 1. The zero-order chi connectivity index (χ0) is 16.2. The summed E-state index contributed by atoms with van der Waals surface area (Å²) in [6, 6.07) is 9.26. The van der Waals surface area contributed by atoms with Gasteiger partial charge in [-0.05, 0) is 25.3 Å². The molecule has 7 heteroatoms. The minimum Gasteiger partial charge on any atom is -0.391 e. The maximum Gasteiger partial charge on any atom is 0.290 e. The first-order valence-corrected chi connectivity index (χ1v) is 7.52. The smallest absolute Gasteiger partial charge is 0.290 e. The Morgan fingerprint density at radius 1 is 1.45 bits per heavy atom. The zero-order valence-electron chi connectivity index (χ0n) is 12.5. The van der Waals surface area contributed by atoms with Crippen molar-refractivity contribution in [1.29, 1.82) is 0 Å². The van der Waals surface area contributed by atoms with Crippen LogP contribution >= 0.6 is 11.6 Å². The molecule has 0 saturated heterocycles. The van der Waals surface area contributed by atoms with E-state index in [0.717, 1.165) is 5.56 Å². The van der Waals surface area contributed by atoms with Crippen LogP contribution in [0.5, 0.6) is 0 Å². The molecule has 117 valence electrons. The molecule has 0 aliphatic carbocycles. The topological polar surface area (TPSA) is 67.8 Å². The summed E-state index contributed by atoms with van der Waals surface area (Å²) in [5, 5.41) is 6.76. The molecule has 0 amide bonds. The number of rotatable bonds is 11. The van der Waals surface area contributed by atoms with Crippen LogP contribution in [0, 0.1) is 0 Å². The number of Topliss-reactive ketones (excluding diaryl/α,β-unsaturated/α-hetero) is 1. The summed E-state index contributed by atoms with van der Waals surface area (Å²) in [5.74, 6) is 0.189. The number of alkyl halides is 1. The number of hydrogen-bond donors (Lipinski definition) is 1. The molecule has 0 saturated carbocycles. The molecule has 0 spiro atoms. The van der Waals surface area contributed by atoms with Gasteiger partial charge in [0.05, 0.1) is 23.8 Å². The van der Waals surface area contributed by atoms with Crippen LogP contribution in [-0.4, -0.2) is 37.0 Å². The number of nitrogens with one attached hydrogen (secondary N) is 1. The van der Waals surface area contributed by atoms with Gasteiger partial charge in [0, 0.05) is 0 Å². The Bertz CT molecular complexity index is 497. The van der Waals surface area contributed by atoms with Crippen molar-refractivity contribution in [3.8, 4) is 0 Å². The fraction of sp³-hybridized carbons (Fsp3) is 0.400. The van der Waals surface area contributed by atoms with Gasteiger partial charge in [-0.2, -0.15) is 0 Å². The molecule has 0 bridgehead atoms. The van der Waals surface area contributed by atoms with Crippen molar-refractivity contribution in [2.45, 2.75) is 32.4 Å². The van der Waals surface area contributed by atoms with Gasteiger partial charge in [0.15, 0.2) is 0 Å². The number of carbonyl (C=O) groups excluding carboxylic acids is 2. The molecule has 1 rings (SSSR count). The first kappa shape index (κ1) is 18.4. The highest BCUT2D eigenvalue weighted by Gasteiger charge is 2.14. The molecule has 1 N–H and O–H groups in total. The molecular formula is C15H19BClN2O3. The van der Waals surface area contributed by atoms with Crippen LogP contribution in [0.3, 0.4) is 0 Å². The number of oxime groups is 1. The van der Waals surface area contributed by atoms with Gasteiger partial charge in [0.2, 0.25) is 0 Å². The van der Waals surface area contributed by atoms with Crippen molar-refractivity contribution in [2.24, 2.45) is 5.16 Å². The van der Waals surface area contributed by atoms with Gasteiger partial charge in [0.1, 0.15) is 12.4 Å². The lowest BCUT2D eigenvalue weighted by molar-refractivity contribution is -0.118. The van der Waals surface area contributed by atoms with Crippen LogP contribution in [0.2, 0.25) is 0 Å². The van der Waals surface area contributed by atoms with Gasteiger partial charge in [-0.1, -0.05) is 35.5 Å². The first-order valence-electron chi connectivity index (χ1n) is 6.98. The predicted octanol–water partition coefficient (Wildman–Crippen LogP) is 1.93. The van der Waals surface area contributed by atoms with E-state index in [0.29, 0.717) is 31.3 Å². The second-order valence-electron chi connectivity index (χ2n) is 4.72. The number of hydrogen-bond acceptors (Lipinski definition) is 5. The van der Waals surface area contributed by atoms with Crippen LogP contribution < -0.4 is 5.23 Å². The van der Waals surface area contributed by atoms with Crippen LogP contribution in [-0.2, 0) is 21.0 Å². The van der Waals surface area contributed by atoms with Crippen molar-refractivity contribution < 1.29 is 14.4 Å². The summed E-state index contributed by atoms with van der Waals surface area (Å²) in [6.07, 6.45) is 1.62. The number of halogens is 1. The monoisotopic (exact) mass is 321 g/mol. The maximum atomic E-state index is 11.4. The van der Waals surface area contributed by atoms with Gasteiger partial charge < -0.3 is 14.9 Å². The number of ketones is 1. The average molecular weight is 322 g/mol. The van der Waals surface area contributed by atoms with E-state index in [9.17, 15) is 9.59 Å². The van der Waals surface area contributed by atoms with Gasteiger partial charge >= 0.3 is 0 Å². The van der Waals surface area contributed by atoms with Gasteiger partial charge in [-0.15, -0.1) is 11.6 Å². The Labute approximate surface area is 136 Å². The Morgan fingerprint density at radius 3 is 2.77 bits per heavy atom. The fourth-order valence-corrected chi connectivity index (χ4v) is 1.96. The molecule has 0 fully saturated rings. The van der Waals surface area contributed by atoms with Crippen LogP contribution in [0.1, 0.15) is 25.3 Å². The normalized spacial score (nSPS) is 12.5. The minimum absolute atomic E-state index is 0.0442. The van der Waals surface area contributed by atoms with E-state index in [1.165, 1.54) is 14.3 Å². The van der Waals surface area contributed by atoms with Gasteiger partial charge in [-0.25, -0.2) is 0 Å². The third-order valence-electron chi connectivity index (χ3n) is 3.00. The molecular weight excluding hydrogens is 302 g/mol. The summed E-state index contributed by atoms with van der Waals surface area (Å²) in [4.78, 5) is 27.0. The quantitative estimate of drug-likeness (QED) is 0.222. The van der Waals surface area contributed by atoms with E-state index in [1.807, 2.05) is 30.3 Å². The minimum atomic E-state index is -0.423. The lowest BCUT2D eigenvalue weighted by Crippen LogP contribution is -2.39. The van der Waals surface area contributed by atoms with Gasteiger partial charge in [-0.3, -0.25) is 4.79 Å². The SMILES string of the molecule is CC(=O)[C@H](CC/C(CCl)=N/OCc1ccccc1)N[B]C=O. The third kappa shape index (κ3) is 7.38. The molecule has 22 heavy (non-hydrogen) atoms. The second-order valence-corrected chi connectivity index (χ2v) is 4.99. The van der Waals surface area contributed by atoms with E-state index in [2.05, 4.69) is 10.4 Å². The molecule has 5 nitrogen and oxygen atoms in total. The summed E-state index contributed by atoms with van der Waals surface area (Å²) in [5.41, 5.74) is 1.68. The van der Waals surface area contributed by atoms with E-state index in [1.54, 1.807) is 0 Å². The average Bonchev–Trinajstić information content (AvgIpc) is 2.53. The van der Waals surface area contributed by atoms with Crippen molar-refractivity contribution in [2.75, 3.05) is 5.88 Å². The zero-order valence-corrected chi connectivity index (χ0v) is 13.3. The first-order chi connectivity index (χ1) is 10.7. The van der Waals surface area contributed by atoms with Crippen molar-refractivity contribution in [3.05, 3.63) is 35.9 Å². The summed E-state index contributed by atoms with van der Waals surface area (Å²) >= 11 is 5.84. The molecule has 1 aromatic carbocycles. The Hall–Kier alpha value is -1.66. The molecule has 0 aliphatic heterocycles. The second kappa shape index (κ2) is 11.0. The number of benzene rings is 1. The van der Waals surface area contributed by atoms with E-state index in [4.69, 9.17) is 16.4 Å². The molecule has 1 radical (unpaired) electrons. The molecule has 0 heterocycles. The largest absolute Gasteiger partial charge is 0.391 e. The number of carbonyl (C=O) groups is 2. The highest BCUT2D eigenvalue weighted by atomic mass is 35.5. The maximum absolute atomic E-state index is 11.4. The highest BCUT2D eigenvalue weighted by molar-refractivity contribution is 6.64. The van der Waals surface area contributed by atoms with Crippen molar-refractivity contribution in [1.82, 2.24) is 5.23 Å². The Balaban J connectivity index is 2.43. The van der Waals surface area contributed by atoms with E-state index in [-0.39, 0.29) is 11.7 Å². The molecule has 0 aromatic heterocycles. The van der Waals surface area contributed by atoms with E-state index < -0.39 is 6.04 Å². The Morgan fingerprint density at radius 2 is 2.18 bits per heavy atom. The third-order valence-corrected chi connectivity index (χ3v) is 3.31. The van der Waals surface area contributed by atoms with E-state index >= 15 is 0 Å². The standard InChI is InChI=1S/C15H19BClN2O3/c1-12(21)15(18-16-11-20)8-7-14(9-17)19-22-10-13-5-3-2-4-6-13/h2-6,11,15,18H,7-10H2,1H3/b19-14-/t15-/m0/s1. The Kier molecular flexibility index (Phi) is 9.18. The van der Waals surface area contributed by atoms with Crippen LogP contribution in [0.25, 0.3) is 0 Å². The van der Waals surface area contributed by atoms with Gasteiger partial charge in [0.25, 0.3) is 7.41 Å². The lowest BCUT2D eigenvalue weighted by Gasteiger charge is -2.13. The fourth-order valence-electron chi connectivity index (χ4n) is 1.78. The molecule has 1 aromatic rings. The summed E-state index contributed by atoms with van der Waals surface area (Å²) in [7, 11) is 1.22. The highest BCUT2D eigenvalue weighted by Crippen LogP contribution is 2.05. The summed E-state index contributed by atoms with van der Waals surface area (Å²) in [6.45, 7) is 1.84. The van der Waals surface area contributed by atoms with Crippen LogP contribution in [0.15, 0.2) is 35.5 Å². The lowest BCUT2D eigenvalue weighted by atomic mass is 9.93. The molecule has 1 atom stereocenters. The van der Waals surface area contributed by atoms with Crippen LogP contribution in [0.4, 0.5) is 0 Å².